The fourth-order valence-electron chi connectivity index (χ4n) is 3.24. The van der Waals surface area contributed by atoms with Crippen LogP contribution in [-0.4, -0.2) is 10.9 Å². The quantitative estimate of drug-likeness (QED) is 0.867. The van der Waals surface area contributed by atoms with Crippen LogP contribution in [0.4, 0.5) is 0 Å². The number of hydrogen-bond acceptors (Lipinski definition) is 1. The highest BCUT2D eigenvalue weighted by Gasteiger charge is 2.25. The lowest BCUT2D eigenvalue weighted by atomic mass is 9.85. The second-order valence-electron chi connectivity index (χ2n) is 5.22. The Labute approximate surface area is 120 Å². The third-order valence-electron chi connectivity index (χ3n) is 4.19. The van der Waals surface area contributed by atoms with Gasteiger partial charge in [0, 0.05) is 15.6 Å². The Bertz CT molecular complexity index is 660. The van der Waals surface area contributed by atoms with Crippen LogP contribution in [0.25, 0.3) is 10.9 Å². The summed E-state index contributed by atoms with van der Waals surface area (Å²) in [4.78, 5) is 15.1. The van der Waals surface area contributed by atoms with Gasteiger partial charge in [-0.05, 0) is 49.3 Å². The molecule has 0 saturated carbocycles. The van der Waals surface area contributed by atoms with Crippen LogP contribution >= 0.6 is 15.9 Å². The topological polar surface area (TPSA) is 58.9 Å². The van der Waals surface area contributed by atoms with Crippen LogP contribution < -0.4 is 5.73 Å². The summed E-state index contributed by atoms with van der Waals surface area (Å²) in [6.45, 7) is 2.22. The Balaban J connectivity index is 2.34. The Morgan fingerprint density at radius 3 is 3.00 bits per heavy atom. The molecule has 2 aromatic rings. The molecule has 4 heteroatoms. The molecule has 3 rings (SSSR count). The van der Waals surface area contributed by atoms with Crippen molar-refractivity contribution in [3.63, 3.8) is 0 Å². The number of aryl methyl sites for hydroxylation is 1. The number of H-pyrrole nitrogens is 1. The molecular formula is C15H17BrN2O. The first-order valence-electron chi connectivity index (χ1n) is 6.76. The van der Waals surface area contributed by atoms with Gasteiger partial charge in [0.2, 0.25) is 0 Å². The van der Waals surface area contributed by atoms with E-state index in [2.05, 4.69) is 27.8 Å². The second kappa shape index (κ2) is 4.67. The van der Waals surface area contributed by atoms with E-state index < -0.39 is 0 Å². The van der Waals surface area contributed by atoms with Gasteiger partial charge in [-0.15, -0.1) is 0 Å². The van der Waals surface area contributed by atoms with Gasteiger partial charge in [-0.3, -0.25) is 4.79 Å². The van der Waals surface area contributed by atoms with E-state index in [0.717, 1.165) is 28.2 Å². The van der Waals surface area contributed by atoms with Gasteiger partial charge in [0.15, 0.2) is 0 Å². The first-order valence-corrected chi connectivity index (χ1v) is 7.55. The molecule has 1 aliphatic rings. The van der Waals surface area contributed by atoms with Crippen molar-refractivity contribution in [3.8, 4) is 0 Å². The van der Waals surface area contributed by atoms with Crippen LogP contribution in [0, 0.1) is 0 Å². The molecule has 0 spiro atoms. The number of amides is 1. The van der Waals surface area contributed by atoms with Crippen LogP contribution in [0.5, 0.6) is 0 Å². The van der Waals surface area contributed by atoms with Crippen molar-refractivity contribution in [2.24, 2.45) is 5.73 Å². The number of rotatable bonds is 2. The highest BCUT2D eigenvalue weighted by molar-refractivity contribution is 9.10. The summed E-state index contributed by atoms with van der Waals surface area (Å²) < 4.78 is 1.04. The molecular weight excluding hydrogens is 304 g/mol. The lowest BCUT2D eigenvalue weighted by molar-refractivity contribution is 0.100. The van der Waals surface area contributed by atoms with Gasteiger partial charge in [0.05, 0.1) is 11.1 Å². The third-order valence-corrected chi connectivity index (χ3v) is 4.85. The van der Waals surface area contributed by atoms with E-state index in [1.807, 2.05) is 6.07 Å². The molecule has 0 fully saturated rings. The predicted octanol–water partition coefficient (Wildman–Crippen LogP) is 3.86. The van der Waals surface area contributed by atoms with Crippen molar-refractivity contribution in [1.82, 2.24) is 4.98 Å². The maximum Gasteiger partial charge on any atom is 0.250 e. The Morgan fingerprint density at radius 2 is 2.32 bits per heavy atom. The first-order chi connectivity index (χ1) is 9.13. The number of fused-ring (bicyclic) bond motifs is 3. The molecule has 0 bridgehead atoms. The maximum absolute atomic E-state index is 11.6. The summed E-state index contributed by atoms with van der Waals surface area (Å²) in [5.74, 6) is 0.202. The number of carbonyl (C=O) groups is 1. The van der Waals surface area contributed by atoms with E-state index >= 15 is 0 Å². The van der Waals surface area contributed by atoms with Gasteiger partial charge in [-0.1, -0.05) is 22.9 Å². The molecule has 3 nitrogen and oxygen atoms in total. The number of hydrogen-bond donors (Lipinski definition) is 2. The molecule has 0 aliphatic heterocycles. The van der Waals surface area contributed by atoms with Gasteiger partial charge in [-0.2, -0.15) is 0 Å². The Hall–Kier alpha value is -1.29. The zero-order valence-corrected chi connectivity index (χ0v) is 12.5. The molecule has 1 atom stereocenters. The Kier molecular flexibility index (Phi) is 3.13. The number of aromatic amines is 1. The summed E-state index contributed by atoms with van der Waals surface area (Å²) >= 11 is 3.61. The van der Waals surface area contributed by atoms with Crippen molar-refractivity contribution in [1.29, 1.82) is 0 Å². The number of nitrogens with one attached hydrogen (secondary N) is 1. The third kappa shape index (κ3) is 1.89. The van der Waals surface area contributed by atoms with E-state index in [1.165, 1.54) is 24.1 Å². The van der Waals surface area contributed by atoms with E-state index in [4.69, 9.17) is 5.73 Å². The van der Waals surface area contributed by atoms with Gasteiger partial charge in [0.1, 0.15) is 0 Å². The van der Waals surface area contributed by atoms with Crippen LogP contribution in [0.2, 0.25) is 0 Å². The summed E-state index contributed by atoms with van der Waals surface area (Å²) in [6.07, 6.45) is 4.64. The SMILES string of the molecule is CCC1CCCc2c1[nH]c1c(C(N)=O)ccc(Br)c21. The summed E-state index contributed by atoms with van der Waals surface area (Å²) in [7, 11) is 0. The zero-order chi connectivity index (χ0) is 13.6. The molecule has 1 aliphatic carbocycles. The van der Waals surface area contributed by atoms with Gasteiger partial charge in [-0.25, -0.2) is 0 Å². The van der Waals surface area contributed by atoms with E-state index in [0.29, 0.717) is 11.5 Å². The molecule has 0 radical (unpaired) electrons. The Morgan fingerprint density at radius 1 is 1.53 bits per heavy atom. The van der Waals surface area contributed by atoms with Crippen LogP contribution in [0.3, 0.4) is 0 Å². The average Bonchev–Trinajstić information content (AvgIpc) is 2.78. The molecule has 19 heavy (non-hydrogen) atoms. The number of halogens is 1. The molecule has 1 amide bonds. The molecule has 1 unspecified atom stereocenters. The highest BCUT2D eigenvalue weighted by Crippen LogP contribution is 2.41. The second-order valence-corrected chi connectivity index (χ2v) is 6.08. The standard InChI is InChI=1S/C15H17BrN2O/c1-2-8-4-3-5-9-12-11(16)7-6-10(15(17)19)14(12)18-13(8)9/h6-8,18H,2-5H2,1H3,(H2,17,19). The number of benzene rings is 1. The fourth-order valence-corrected chi connectivity index (χ4v) is 3.81. The molecule has 100 valence electrons. The molecule has 1 aromatic carbocycles. The van der Waals surface area contributed by atoms with E-state index in [-0.39, 0.29) is 5.91 Å². The lowest BCUT2D eigenvalue weighted by Crippen LogP contribution is -2.11. The number of aromatic nitrogens is 1. The molecule has 1 aromatic heterocycles. The van der Waals surface area contributed by atoms with Crippen molar-refractivity contribution in [2.45, 2.75) is 38.5 Å². The minimum absolute atomic E-state index is 0.371. The molecule has 0 saturated heterocycles. The van der Waals surface area contributed by atoms with Crippen LogP contribution in [-0.2, 0) is 6.42 Å². The van der Waals surface area contributed by atoms with Crippen molar-refractivity contribution in [3.05, 3.63) is 33.4 Å². The molecule has 1 heterocycles. The van der Waals surface area contributed by atoms with Gasteiger partial charge < -0.3 is 10.7 Å². The number of primary amides is 1. The minimum atomic E-state index is -0.371. The highest BCUT2D eigenvalue weighted by atomic mass is 79.9. The maximum atomic E-state index is 11.6. The lowest BCUT2D eigenvalue weighted by Gasteiger charge is -2.21. The van der Waals surface area contributed by atoms with Gasteiger partial charge in [0.25, 0.3) is 5.91 Å². The van der Waals surface area contributed by atoms with Crippen LogP contribution in [0.15, 0.2) is 16.6 Å². The normalized spacial score (nSPS) is 18.5. The minimum Gasteiger partial charge on any atom is -0.366 e. The zero-order valence-electron chi connectivity index (χ0n) is 10.9. The van der Waals surface area contributed by atoms with Crippen molar-refractivity contribution < 1.29 is 4.79 Å². The molecule has 3 N–H and O–H groups in total. The smallest absolute Gasteiger partial charge is 0.250 e. The summed E-state index contributed by atoms with van der Waals surface area (Å²) in [5, 5.41) is 1.14. The van der Waals surface area contributed by atoms with E-state index in [9.17, 15) is 4.79 Å². The summed E-state index contributed by atoms with van der Waals surface area (Å²) in [5.41, 5.74) is 9.63. The van der Waals surface area contributed by atoms with Crippen molar-refractivity contribution in [2.75, 3.05) is 0 Å². The monoisotopic (exact) mass is 320 g/mol. The van der Waals surface area contributed by atoms with Crippen molar-refractivity contribution >= 4 is 32.7 Å². The fraction of sp³-hybridized carbons (Fsp3) is 0.400. The predicted molar refractivity (Wildman–Crippen MR) is 80.5 cm³/mol. The van der Waals surface area contributed by atoms with E-state index in [1.54, 1.807) is 6.07 Å². The number of nitrogens with two attached hydrogens (primary N) is 1. The van der Waals surface area contributed by atoms with Crippen LogP contribution in [0.1, 0.15) is 53.7 Å². The average molecular weight is 321 g/mol. The number of carbonyl (C=O) groups excluding carboxylic acids is 1. The largest absolute Gasteiger partial charge is 0.366 e. The summed E-state index contributed by atoms with van der Waals surface area (Å²) in [6, 6.07) is 3.71. The first kappa shape index (κ1) is 12.7. The van der Waals surface area contributed by atoms with Gasteiger partial charge >= 0.3 is 0 Å².